The Hall–Kier alpha value is -3.10. The van der Waals surface area contributed by atoms with E-state index in [9.17, 15) is 4.79 Å². The Labute approximate surface area is 152 Å². The molecule has 0 bridgehead atoms. The zero-order valence-electron chi connectivity index (χ0n) is 15.2. The third-order valence-corrected chi connectivity index (χ3v) is 4.03. The summed E-state index contributed by atoms with van der Waals surface area (Å²) in [5.41, 5.74) is 3.51. The molecular formula is C21H21N3O2. The second-order valence-corrected chi connectivity index (χ2v) is 6.07. The lowest BCUT2D eigenvalue weighted by Gasteiger charge is -2.08. The molecule has 3 rings (SSSR count). The fourth-order valence-electron chi connectivity index (χ4n) is 2.67. The third-order valence-electron chi connectivity index (χ3n) is 4.03. The fraction of sp³-hybridized carbons (Fsp3) is 0.238. The van der Waals surface area contributed by atoms with Gasteiger partial charge in [-0.1, -0.05) is 18.1 Å². The Kier molecular flexibility index (Phi) is 5.35. The molecule has 0 fully saturated rings. The van der Waals surface area contributed by atoms with E-state index in [1.165, 1.54) is 5.56 Å². The number of rotatable bonds is 4. The Morgan fingerprint density at radius 1 is 1.15 bits per heavy atom. The zero-order valence-corrected chi connectivity index (χ0v) is 15.2. The minimum absolute atomic E-state index is 0.0694. The van der Waals surface area contributed by atoms with Crippen LogP contribution >= 0.6 is 0 Å². The maximum atomic E-state index is 12.2. The van der Waals surface area contributed by atoms with Crippen molar-refractivity contribution in [2.24, 2.45) is 0 Å². The molecule has 3 aromatic rings. The maximum absolute atomic E-state index is 12.2. The van der Waals surface area contributed by atoms with E-state index in [1.54, 1.807) is 23.9 Å². The van der Waals surface area contributed by atoms with Crippen molar-refractivity contribution < 1.29 is 4.74 Å². The molecule has 0 atom stereocenters. The third kappa shape index (κ3) is 4.11. The van der Waals surface area contributed by atoms with Crippen molar-refractivity contribution in [2.75, 3.05) is 13.7 Å². The second kappa shape index (κ2) is 7.85. The van der Waals surface area contributed by atoms with E-state index in [4.69, 9.17) is 4.74 Å². The number of hydrogen-bond donors (Lipinski definition) is 0. The molecule has 0 radical (unpaired) electrons. The van der Waals surface area contributed by atoms with Gasteiger partial charge in [0.2, 0.25) is 0 Å². The van der Waals surface area contributed by atoms with Crippen molar-refractivity contribution in [3.63, 3.8) is 0 Å². The van der Waals surface area contributed by atoms with Gasteiger partial charge in [0.1, 0.15) is 11.5 Å². The normalized spacial score (nSPS) is 10.4. The number of ether oxygens (including phenoxy) is 1. The molecule has 0 aliphatic carbocycles. The van der Waals surface area contributed by atoms with Crippen LogP contribution in [0.4, 0.5) is 0 Å². The first-order chi connectivity index (χ1) is 12.6. The summed E-state index contributed by atoms with van der Waals surface area (Å²) in [5, 5.41) is 0. The molecule has 0 spiro atoms. The molecule has 0 saturated carbocycles. The van der Waals surface area contributed by atoms with Gasteiger partial charge in [0.15, 0.2) is 0 Å². The van der Waals surface area contributed by atoms with Gasteiger partial charge in [-0.15, -0.1) is 0 Å². The van der Waals surface area contributed by atoms with Crippen LogP contribution in [0.5, 0.6) is 0 Å². The molecule has 132 valence electrons. The smallest absolute Gasteiger partial charge is 0.252 e. The van der Waals surface area contributed by atoms with Crippen LogP contribution < -0.4 is 5.56 Å². The molecule has 0 aliphatic heterocycles. The highest BCUT2D eigenvalue weighted by molar-refractivity contribution is 5.42. The minimum Gasteiger partial charge on any atom is -0.383 e. The van der Waals surface area contributed by atoms with E-state index in [-0.39, 0.29) is 5.56 Å². The van der Waals surface area contributed by atoms with Crippen LogP contribution in [0.2, 0.25) is 0 Å². The van der Waals surface area contributed by atoms with Gasteiger partial charge in [0.05, 0.1) is 12.3 Å². The highest BCUT2D eigenvalue weighted by Gasteiger charge is 2.06. The van der Waals surface area contributed by atoms with Crippen LogP contribution in [0.3, 0.4) is 0 Å². The van der Waals surface area contributed by atoms with Crippen LogP contribution in [-0.4, -0.2) is 27.8 Å². The monoisotopic (exact) mass is 347 g/mol. The first-order valence-corrected chi connectivity index (χ1v) is 8.41. The quantitative estimate of drug-likeness (QED) is 0.682. The minimum atomic E-state index is -0.0694. The summed E-state index contributed by atoms with van der Waals surface area (Å²) in [6.45, 7) is 4.97. The number of aryl methyl sites for hydroxylation is 2. The van der Waals surface area contributed by atoms with E-state index < -0.39 is 0 Å². The molecule has 5 heteroatoms. The Balaban J connectivity index is 1.87. The Morgan fingerprint density at radius 3 is 2.73 bits per heavy atom. The highest BCUT2D eigenvalue weighted by Crippen LogP contribution is 2.10. The summed E-state index contributed by atoms with van der Waals surface area (Å²) in [4.78, 5) is 16.7. The lowest BCUT2D eigenvalue weighted by molar-refractivity contribution is 0.186. The molecule has 2 heterocycles. The van der Waals surface area contributed by atoms with E-state index in [2.05, 4.69) is 16.8 Å². The second-order valence-electron chi connectivity index (χ2n) is 6.07. The molecule has 0 N–H and O–H groups in total. The molecule has 0 amide bonds. The number of imidazole rings is 1. The van der Waals surface area contributed by atoms with Crippen LogP contribution in [0, 0.1) is 25.7 Å². The van der Waals surface area contributed by atoms with Crippen molar-refractivity contribution in [1.82, 2.24) is 14.1 Å². The topological polar surface area (TPSA) is 49.0 Å². The number of benzene rings is 1. The van der Waals surface area contributed by atoms with E-state index >= 15 is 0 Å². The first-order valence-electron chi connectivity index (χ1n) is 8.41. The van der Waals surface area contributed by atoms with Gasteiger partial charge in [-0.25, -0.2) is 4.98 Å². The predicted octanol–water partition coefficient (Wildman–Crippen LogP) is 2.70. The average molecular weight is 347 g/mol. The Bertz CT molecular complexity index is 1040. The lowest BCUT2D eigenvalue weighted by atomic mass is 10.1. The van der Waals surface area contributed by atoms with Crippen LogP contribution in [0.15, 0.2) is 53.6 Å². The van der Waals surface area contributed by atoms with Crippen molar-refractivity contribution in [3.8, 4) is 17.5 Å². The summed E-state index contributed by atoms with van der Waals surface area (Å²) in [5.74, 6) is 7.01. The van der Waals surface area contributed by atoms with Gasteiger partial charge >= 0.3 is 0 Å². The van der Waals surface area contributed by atoms with Crippen molar-refractivity contribution in [3.05, 3.63) is 81.8 Å². The van der Waals surface area contributed by atoms with Crippen LogP contribution in [0.25, 0.3) is 5.69 Å². The summed E-state index contributed by atoms with van der Waals surface area (Å²) >= 11 is 0. The molecule has 26 heavy (non-hydrogen) atoms. The molecule has 0 aliphatic rings. The number of pyridine rings is 1. The number of methoxy groups -OCH3 is 1. The number of aromatic nitrogens is 3. The van der Waals surface area contributed by atoms with Gasteiger partial charge in [0, 0.05) is 37.7 Å². The molecule has 0 saturated heterocycles. The van der Waals surface area contributed by atoms with Gasteiger partial charge in [-0.3, -0.25) is 4.79 Å². The standard InChI is InChI=1S/C21H21N3O2/c1-16-5-4-6-18(13-16)7-8-19-15-24(17(2)22-19)20-9-10-23(11-12-26-3)21(25)14-20/h4-6,9-10,13-15H,11-12H2,1-3H3. The van der Waals surface area contributed by atoms with Crippen molar-refractivity contribution >= 4 is 0 Å². The molecule has 5 nitrogen and oxygen atoms in total. The summed E-state index contributed by atoms with van der Waals surface area (Å²) in [6, 6.07) is 11.5. The van der Waals surface area contributed by atoms with Gasteiger partial charge in [-0.05, 0) is 43.5 Å². The van der Waals surface area contributed by atoms with Crippen LogP contribution in [-0.2, 0) is 11.3 Å². The van der Waals surface area contributed by atoms with Crippen molar-refractivity contribution in [2.45, 2.75) is 20.4 Å². The van der Waals surface area contributed by atoms with Crippen LogP contribution in [0.1, 0.15) is 22.6 Å². The van der Waals surface area contributed by atoms with Gasteiger partial charge in [-0.2, -0.15) is 0 Å². The number of nitrogens with zero attached hydrogens (tertiary/aromatic N) is 3. The lowest BCUT2D eigenvalue weighted by Crippen LogP contribution is -2.21. The van der Waals surface area contributed by atoms with Crippen molar-refractivity contribution in [1.29, 1.82) is 0 Å². The highest BCUT2D eigenvalue weighted by atomic mass is 16.5. The van der Waals surface area contributed by atoms with E-state index in [0.29, 0.717) is 18.8 Å². The molecule has 0 unspecified atom stereocenters. The first kappa shape index (κ1) is 17.7. The fourth-order valence-corrected chi connectivity index (χ4v) is 2.67. The van der Waals surface area contributed by atoms with E-state index in [1.807, 2.05) is 54.9 Å². The molecule has 1 aromatic carbocycles. The van der Waals surface area contributed by atoms with Gasteiger partial charge < -0.3 is 13.9 Å². The number of hydrogen-bond acceptors (Lipinski definition) is 3. The molecule has 2 aromatic heterocycles. The summed E-state index contributed by atoms with van der Waals surface area (Å²) in [7, 11) is 1.62. The van der Waals surface area contributed by atoms with Gasteiger partial charge in [0.25, 0.3) is 5.56 Å². The average Bonchev–Trinajstić information content (AvgIpc) is 3.00. The summed E-state index contributed by atoms with van der Waals surface area (Å²) in [6.07, 6.45) is 3.63. The largest absolute Gasteiger partial charge is 0.383 e. The van der Waals surface area contributed by atoms with E-state index in [0.717, 1.165) is 17.1 Å². The zero-order chi connectivity index (χ0) is 18.5. The predicted molar refractivity (Wildman–Crippen MR) is 102 cm³/mol. The molecular weight excluding hydrogens is 326 g/mol. The summed E-state index contributed by atoms with van der Waals surface area (Å²) < 4.78 is 8.52. The Morgan fingerprint density at radius 2 is 2.00 bits per heavy atom. The SMILES string of the molecule is COCCn1ccc(-n2cc(C#Cc3cccc(C)c3)nc2C)cc1=O. The maximum Gasteiger partial charge on any atom is 0.252 e.